The number of methoxy groups -OCH3 is 4. The van der Waals surface area contributed by atoms with E-state index in [0.717, 1.165) is 10.9 Å². The zero-order chi connectivity index (χ0) is 23.4. The first-order valence-electron chi connectivity index (χ1n) is 8.78. The number of ether oxygens (including phenoxy) is 4. The van der Waals surface area contributed by atoms with Gasteiger partial charge in [-0.05, 0) is 17.7 Å². The Kier molecular flexibility index (Phi) is 13.9. The molecule has 0 aromatic heterocycles. The van der Waals surface area contributed by atoms with Gasteiger partial charge in [-0.2, -0.15) is 8.42 Å². The minimum absolute atomic E-state index is 0. The van der Waals surface area contributed by atoms with Gasteiger partial charge < -0.3 is 30.8 Å². The molecule has 0 unspecified atom stereocenters. The first kappa shape index (κ1) is 29.3. The Bertz CT molecular complexity index is 1030. The van der Waals surface area contributed by atoms with Gasteiger partial charge in [-0.25, -0.2) is 0 Å². The smallest absolute Gasteiger partial charge is 1.00 e. The minimum atomic E-state index is -2.31. The first-order chi connectivity index (χ1) is 14.8. The third-order valence-electron chi connectivity index (χ3n) is 3.84. The van der Waals surface area contributed by atoms with Crippen LogP contribution in [0.3, 0.4) is 0 Å². The number of hydrogen-bond acceptors (Lipinski definition) is 8. The number of benzene rings is 2. The van der Waals surface area contributed by atoms with Gasteiger partial charge in [-0.3, -0.25) is 4.79 Å². The molecule has 0 aliphatic heterocycles. The van der Waals surface area contributed by atoms with Gasteiger partial charge in [-0.15, -0.1) is 0 Å². The quantitative estimate of drug-likeness (QED) is 0.372. The largest absolute Gasteiger partial charge is 1.00 e. The van der Waals surface area contributed by atoms with Gasteiger partial charge in [0.15, 0.2) is 0 Å². The summed E-state index contributed by atoms with van der Waals surface area (Å²) >= 11 is 0. The monoisotopic (exact) mass is 475 g/mol. The second-order valence-electron chi connectivity index (χ2n) is 5.74. The van der Waals surface area contributed by atoms with Crippen molar-refractivity contribution in [2.24, 2.45) is 0 Å². The summed E-state index contributed by atoms with van der Waals surface area (Å²) in [6.07, 6.45) is 1.69. The van der Waals surface area contributed by atoms with Crippen LogP contribution in [0.25, 0.3) is 6.08 Å². The van der Waals surface area contributed by atoms with Gasteiger partial charge in [0.1, 0.15) is 29.5 Å². The van der Waals surface area contributed by atoms with E-state index in [-0.39, 0.29) is 37.5 Å². The van der Waals surface area contributed by atoms with E-state index >= 15 is 0 Å². The maximum absolute atomic E-state index is 10.5. The van der Waals surface area contributed by atoms with Crippen molar-refractivity contribution in [3.63, 3.8) is 0 Å². The number of aliphatic carboxylic acids is 1. The van der Waals surface area contributed by atoms with Crippen LogP contribution < -0.4 is 53.8 Å². The predicted molar refractivity (Wildman–Crippen MR) is 121 cm³/mol. The standard InChI is InChI=1S/C11H14O3.C10H11NO5S.Na.H/c1-5-9-10(13-3)6-8(12-2)7-11(9)14-4;1-16-9-3-2-7(6-17(14)15)4-8(9)11-5-10(12)13;;/h5-7H,1H2,2-4H3;2-4,6,11H,5H2,1H3,(H,12,13);;/q;;+1;-1. The molecule has 0 saturated heterocycles. The van der Waals surface area contributed by atoms with Crippen molar-refractivity contribution in [1.29, 1.82) is 0 Å². The fourth-order valence-corrected chi connectivity index (χ4v) is 2.82. The molecule has 2 aromatic rings. The number of nitrogens with one attached hydrogen (secondary N) is 1. The predicted octanol–water partition coefficient (Wildman–Crippen LogP) is -0.307. The molecule has 0 bridgehead atoms. The third-order valence-corrected chi connectivity index (χ3v) is 4.31. The van der Waals surface area contributed by atoms with Crippen LogP contribution in [0.2, 0.25) is 0 Å². The molecule has 2 N–H and O–H groups in total. The van der Waals surface area contributed by atoms with Crippen molar-refractivity contribution in [2.75, 3.05) is 40.3 Å². The van der Waals surface area contributed by atoms with Gasteiger partial charge in [-0.1, -0.05) is 18.7 Å². The van der Waals surface area contributed by atoms with E-state index in [4.69, 9.17) is 24.1 Å². The van der Waals surface area contributed by atoms with Crippen LogP contribution in [-0.2, 0) is 15.1 Å². The number of carboxylic acid groups (broad SMARTS) is 1. The van der Waals surface area contributed by atoms with E-state index in [2.05, 4.69) is 11.9 Å². The van der Waals surface area contributed by atoms with E-state index < -0.39 is 16.3 Å². The second kappa shape index (κ2) is 15.2. The molecule has 0 amide bonds. The number of carbonyl (C=O) groups is 1. The summed E-state index contributed by atoms with van der Waals surface area (Å²) in [7, 11) is 3.93. The topological polar surface area (TPSA) is 120 Å². The zero-order valence-corrected chi connectivity index (χ0v) is 21.5. The molecule has 32 heavy (non-hydrogen) atoms. The molecule has 9 nitrogen and oxygen atoms in total. The summed E-state index contributed by atoms with van der Waals surface area (Å²) < 4.78 is 41.5. The summed E-state index contributed by atoms with van der Waals surface area (Å²) in [6.45, 7) is 3.43. The van der Waals surface area contributed by atoms with E-state index in [9.17, 15) is 13.2 Å². The molecule has 0 atom stereocenters. The molecular weight excluding hydrogens is 449 g/mol. The normalized spacial score (nSPS) is 9.12. The fraction of sp³-hybridized carbons (Fsp3) is 0.238. The summed E-state index contributed by atoms with van der Waals surface area (Å²) in [6, 6.07) is 8.19. The van der Waals surface area contributed by atoms with Crippen LogP contribution >= 0.6 is 0 Å². The van der Waals surface area contributed by atoms with Crippen LogP contribution in [0.4, 0.5) is 5.69 Å². The summed E-state index contributed by atoms with van der Waals surface area (Å²) in [5.74, 6) is 1.51. The molecule has 11 heteroatoms. The van der Waals surface area contributed by atoms with Gasteiger partial charge in [0.05, 0.1) is 45.1 Å². The SMILES string of the molecule is C=Cc1c(OC)cc(OC)cc1OC.COc1ccc(C=S(=O)=O)cc1NCC(=O)O.[H-].[Na+]. The second-order valence-corrected chi connectivity index (χ2v) is 6.49. The molecule has 0 aliphatic carbocycles. The number of carboxylic acids is 1. The van der Waals surface area contributed by atoms with Gasteiger partial charge >= 0.3 is 35.5 Å². The molecular formula is C21H26NNaO8S. The van der Waals surface area contributed by atoms with Crippen molar-refractivity contribution in [3.8, 4) is 23.0 Å². The maximum atomic E-state index is 10.5. The van der Waals surface area contributed by atoms with E-state index in [0.29, 0.717) is 34.2 Å². The Balaban J connectivity index is 0. The van der Waals surface area contributed by atoms with Gasteiger partial charge in [0.2, 0.25) is 10.3 Å². The molecule has 0 saturated carbocycles. The van der Waals surface area contributed by atoms with E-state index in [1.54, 1.807) is 51.7 Å². The van der Waals surface area contributed by atoms with Crippen LogP contribution in [-0.4, -0.2) is 59.8 Å². The van der Waals surface area contributed by atoms with Crippen LogP contribution in [0.15, 0.2) is 36.9 Å². The molecule has 0 heterocycles. The molecule has 0 fully saturated rings. The molecule has 0 aliphatic rings. The number of hydrogen-bond donors (Lipinski definition) is 2. The Morgan fingerprint density at radius 1 is 1.03 bits per heavy atom. The van der Waals surface area contributed by atoms with Gasteiger partial charge in [0, 0.05) is 12.1 Å². The van der Waals surface area contributed by atoms with Crippen molar-refractivity contribution in [1.82, 2.24) is 0 Å². The molecule has 0 spiro atoms. The van der Waals surface area contributed by atoms with E-state index in [1.807, 2.05) is 0 Å². The van der Waals surface area contributed by atoms with Gasteiger partial charge in [0.25, 0.3) is 0 Å². The van der Waals surface area contributed by atoms with Crippen LogP contribution in [0.1, 0.15) is 12.6 Å². The Morgan fingerprint density at radius 3 is 2.00 bits per heavy atom. The minimum Gasteiger partial charge on any atom is -1.00 e. The average molecular weight is 475 g/mol. The summed E-state index contributed by atoms with van der Waals surface area (Å²) in [4.78, 5) is 10.4. The number of anilines is 1. The van der Waals surface area contributed by atoms with E-state index in [1.165, 1.54) is 13.2 Å². The Morgan fingerprint density at radius 2 is 1.59 bits per heavy atom. The summed E-state index contributed by atoms with van der Waals surface area (Å²) in [5, 5.41) is 12.2. The fourth-order valence-electron chi connectivity index (χ4n) is 2.45. The summed E-state index contributed by atoms with van der Waals surface area (Å²) in [5.41, 5.74) is 1.69. The third kappa shape index (κ3) is 9.23. The first-order valence-corrected chi connectivity index (χ1v) is 9.92. The maximum Gasteiger partial charge on any atom is 1.00 e. The number of rotatable bonds is 9. The Hall–Kier alpha value is -2.66. The van der Waals surface area contributed by atoms with Crippen molar-refractivity contribution in [2.45, 2.75) is 0 Å². The average Bonchev–Trinajstić information content (AvgIpc) is 2.76. The Labute approximate surface area is 212 Å². The van der Waals surface area contributed by atoms with Crippen molar-refractivity contribution >= 4 is 33.4 Å². The molecule has 0 radical (unpaired) electrons. The van der Waals surface area contributed by atoms with Crippen molar-refractivity contribution in [3.05, 3.63) is 48.0 Å². The van der Waals surface area contributed by atoms with Crippen LogP contribution in [0, 0.1) is 0 Å². The van der Waals surface area contributed by atoms with Crippen molar-refractivity contribution < 1.29 is 68.3 Å². The molecule has 2 aromatic carbocycles. The molecule has 2 rings (SSSR count). The molecule has 170 valence electrons. The van der Waals surface area contributed by atoms with Crippen LogP contribution in [0.5, 0.6) is 23.0 Å². The zero-order valence-electron chi connectivity index (χ0n) is 19.7.